The molecule has 1 heterocycles. The zero-order valence-corrected chi connectivity index (χ0v) is 11.9. The summed E-state index contributed by atoms with van der Waals surface area (Å²) in [6.07, 6.45) is 3.52. The van der Waals surface area contributed by atoms with Crippen LogP contribution in [-0.4, -0.2) is 29.4 Å². The van der Waals surface area contributed by atoms with Gasteiger partial charge in [-0.1, -0.05) is 38.5 Å². The van der Waals surface area contributed by atoms with Gasteiger partial charge in [0.25, 0.3) is 0 Å². The molecule has 3 nitrogen and oxygen atoms in total. The minimum Gasteiger partial charge on any atom is -0.361 e. The summed E-state index contributed by atoms with van der Waals surface area (Å²) < 4.78 is 0. The van der Waals surface area contributed by atoms with Gasteiger partial charge in [-0.25, -0.2) is 0 Å². The fourth-order valence-corrected chi connectivity index (χ4v) is 2.27. The van der Waals surface area contributed by atoms with E-state index in [-0.39, 0.29) is 5.91 Å². The maximum atomic E-state index is 12.2. The number of nitrogens with one attached hydrogen (secondary N) is 1. The molecule has 0 bridgehead atoms. The van der Waals surface area contributed by atoms with Gasteiger partial charge in [-0.15, -0.1) is 0 Å². The third-order valence-electron chi connectivity index (χ3n) is 3.72. The molecule has 0 fully saturated rings. The number of rotatable bonds is 5. The van der Waals surface area contributed by atoms with Crippen molar-refractivity contribution in [3.05, 3.63) is 36.0 Å². The van der Waals surface area contributed by atoms with Gasteiger partial charge in [-0.2, -0.15) is 0 Å². The highest BCUT2D eigenvalue weighted by atomic mass is 16.2. The van der Waals surface area contributed by atoms with Crippen LogP contribution >= 0.6 is 0 Å². The Morgan fingerprint density at radius 2 is 2.11 bits per heavy atom. The van der Waals surface area contributed by atoms with E-state index in [1.165, 1.54) is 0 Å². The number of aromatic nitrogens is 1. The number of amides is 1. The van der Waals surface area contributed by atoms with Crippen molar-refractivity contribution < 1.29 is 4.79 Å². The molecule has 0 aliphatic rings. The fourth-order valence-electron chi connectivity index (χ4n) is 2.27. The zero-order valence-electron chi connectivity index (χ0n) is 11.9. The van der Waals surface area contributed by atoms with E-state index in [2.05, 4.69) is 24.9 Å². The van der Waals surface area contributed by atoms with E-state index in [0.717, 1.165) is 29.4 Å². The van der Waals surface area contributed by atoms with Gasteiger partial charge in [0.05, 0.1) is 6.42 Å². The molecule has 0 aliphatic heterocycles. The van der Waals surface area contributed by atoms with Gasteiger partial charge in [0.15, 0.2) is 0 Å². The molecule has 0 saturated heterocycles. The molecule has 0 saturated carbocycles. The Bertz CT molecular complexity index is 559. The Kier molecular flexibility index (Phi) is 4.25. The summed E-state index contributed by atoms with van der Waals surface area (Å²) in [7, 11) is 1.89. The van der Waals surface area contributed by atoms with Gasteiger partial charge in [0.1, 0.15) is 0 Å². The van der Waals surface area contributed by atoms with E-state index in [9.17, 15) is 4.79 Å². The van der Waals surface area contributed by atoms with Crippen LogP contribution in [0.5, 0.6) is 0 Å². The summed E-state index contributed by atoms with van der Waals surface area (Å²) in [5, 5.41) is 1.15. The fraction of sp³-hybridized carbons (Fsp3) is 0.438. The number of aromatic amines is 1. The minimum absolute atomic E-state index is 0.185. The second kappa shape index (κ2) is 5.91. The molecule has 1 unspecified atom stereocenters. The smallest absolute Gasteiger partial charge is 0.226 e. The van der Waals surface area contributed by atoms with Gasteiger partial charge in [0.2, 0.25) is 5.91 Å². The van der Waals surface area contributed by atoms with Crippen LogP contribution in [0.15, 0.2) is 30.5 Å². The lowest BCUT2D eigenvalue weighted by molar-refractivity contribution is -0.129. The van der Waals surface area contributed by atoms with E-state index >= 15 is 0 Å². The number of benzene rings is 1. The highest BCUT2D eigenvalue weighted by Crippen LogP contribution is 2.18. The molecule has 0 aliphatic carbocycles. The third kappa shape index (κ3) is 3.16. The summed E-state index contributed by atoms with van der Waals surface area (Å²) in [6, 6.07) is 8.10. The van der Waals surface area contributed by atoms with Crippen LogP contribution in [-0.2, 0) is 11.2 Å². The summed E-state index contributed by atoms with van der Waals surface area (Å²) in [6.45, 7) is 5.16. The monoisotopic (exact) mass is 258 g/mol. The molecule has 1 aromatic heterocycles. The SMILES string of the molecule is CCC(C)CN(C)C(=O)Cc1c[nH]c2ccccc12. The number of hydrogen-bond acceptors (Lipinski definition) is 1. The normalized spacial score (nSPS) is 12.6. The Hall–Kier alpha value is -1.77. The van der Waals surface area contributed by atoms with Crippen LogP contribution in [0.25, 0.3) is 10.9 Å². The first kappa shape index (κ1) is 13.7. The molecule has 0 spiro atoms. The van der Waals surface area contributed by atoms with Crippen LogP contribution in [0.4, 0.5) is 0 Å². The number of fused-ring (bicyclic) bond motifs is 1. The van der Waals surface area contributed by atoms with E-state index in [0.29, 0.717) is 12.3 Å². The number of para-hydroxylation sites is 1. The largest absolute Gasteiger partial charge is 0.361 e. The van der Waals surface area contributed by atoms with Crippen molar-refractivity contribution in [3.8, 4) is 0 Å². The first-order valence-corrected chi connectivity index (χ1v) is 6.90. The number of H-pyrrole nitrogens is 1. The Balaban J connectivity index is 2.06. The Morgan fingerprint density at radius 3 is 2.84 bits per heavy atom. The summed E-state index contributed by atoms with van der Waals surface area (Å²) in [5.74, 6) is 0.738. The quantitative estimate of drug-likeness (QED) is 0.878. The van der Waals surface area contributed by atoms with Gasteiger partial charge in [0, 0.05) is 30.7 Å². The second-order valence-corrected chi connectivity index (χ2v) is 5.32. The Labute approximate surface area is 114 Å². The Morgan fingerprint density at radius 1 is 1.37 bits per heavy atom. The molecular formula is C16H22N2O. The highest BCUT2D eigenvalue weighted by Gasteiger charge is 2.14. The molecule has 1 aromatic carbocycles. The average molecular weight is 258 g/mol. The lowest BCUT2D eigenvalue weighted by Gasteiger charge is -2.20. The van der Waals surface area contributed by atoms with Crippen LogP contribution in [0.3, 0.4) is 0 Å². The van der Waals surface area contributed by atoms with E-state index in [1.807, 2.05) is 36.3 Å². The predicted molar refractivity (Wildman–Crippen MR) is 79.1 cm³/mol. The lowest BCUT2D eigenvalue weighted by atomic mass is 10.1. The maximum Gasteiger partial charge on any atom is 0.226 e. The molecule has 0 radical (unpaired) electrons. The van der Waals surface area contributed by atoms with E-state index in [1.54, 1.807) is 0 Å². The van der Waals surface area contributed by atoms with Crippen molar-refractivity contribution in [1.82, 2.24) is 9.88 Å². The maximum absolute atomic E-state index is 12.2. The summed E-state index contributed by atoms with van der Waals surface area (Å²) >= 11 is 0. The first-order chi connectivity index (χ1) is 9.11. The van der Waals surface area contributed by atoms with Crippen LogP contribution < -0.4 is 0 Å². The van der Waals surface area contributed by atoms with Crippen molar-refractivity contribution in [1.29, 1.82) is 0 Å². The number of carbonyl (C=O) groups excluding carboxylic acids is 1. The molecule has 3 heteroatoms. The van der Waals surface area contributed by atoms with Gasteiger partial charge >= 0.3 is 0 Å². The zero-order chi connectivity index (χ0) is 13.8. The molecular weight excluding hydrogens is 236 g/mol. The molecule has 2 rings (SSSR count). The van der Waals surface area contributed by atoms with Gasteiger partial charge < -0.3 is 9.88 Å². The number of hydrogen-bond donors (Lipinski definition) is 1. The molecule has 2 aromatic rings. The summed E-state index contributed by atoms with van der Waals surface area (Å²) in [5.41, 5.74) is 2.17. The first-order valence-electron chi connectivity index (χ1n) is 6.90. The van der Waals surface area contributed by atoms with Crippen LogP contribution in [0.1, 0.15) is 25.8 Å². The highest BCUT2D eigenvalue weighted by molar-refractivity contribution is 5.88. The molecule has 1 amide bonds. The van der Waals surface area contributed by atoms with Crippen LogP contribution in [0.2, 0.25) is 0 Å². The second-order valence-electron chi connectivity index (χ2n) is 5.32. The summed E-state index contributed by atoms with van der Waals surface area (Å²) in [4.78, 5) is 17.3. The molecule has 1 atom stereocenters. The van der Waals surface area contributed by atoms with Crippen molar-refractivity contribution >= 4 is 16.8 Å². The third-order valence-corrected chi connectivity index (χ3v) is 3.72. The molecule has 102 valence electrons. The van der Waals surface area contributed by atoms with Crippen molar-refractivity contribution in [2.24, 2.45) is 5.92 Å². The standard InChI is InChI=1S/C16H22N2O/c1-4-12(2)11-18(3)16(19)9-13-10-17-15-8-6-5-7-14(13)15/h5-8,10,12,17H,4,9,11H2,1-3H3. The lowest BCUT2D eigenvalue weighted by Crippen LogP contribution is -2.32. The molecule has 1 N–H and O–H groups in total. The van der Waals surface area contributed by atoms with E-state index < -0.39 is 0 Å². The van der Waals surface area contributed by atoms with Crippen molar-refractivity contribution in [2.75, 3.05) is 13.6 Å². The van der Waals surface area contributed by atoms with Crippen molar-refractivity contribution in [2.45, 2.75) is 26.7 Å². The topological polar surface area (TPSA) is 36.1 Å². The predicted octanol–water partition coefficient (Wildman–Crippen LogP) is 3.21. The van der Waals surface area contributed by atoms with Crippen molar-refractivity contribution in [3.63, 3.8) is 0 Å². The number of carbonyl (C=O) groups is 1. The number of nitrogens with zero attached hydrogens (tertiary/aromatic N) is 1. The van der Waals surface area contributed by atoms with Gasteiger partial charge in [-0.3, -0.25) is 4.79 Å². The minimum atomic E-state index is 0.185. The average Bonchev–Trinajstić information content (AvgIpc) is 2.82. The van der Waals surface area contributed by atoms with Crippen LogP contribution in [0, 0.1) is 5.92 Å². The van der Waals surface area contributed by atoms with E-state index in [4.69, 9.17) is 0 Å². The van der Waals surface area contributed by atoms with Gasteiger partial charge in [-0.05, 0) is 17.5 Å². The molecule has 19 heavy (non-hydrogen) atoms. The number of likely N-dealkylation sites (N-methyl/N-ethyl adjacent to an activating group) is 1.